The van der Waals surface area contributed by atoms with Gasteiger partial charge in [0, 0.05) is 5.69 Å². The summed E-state index contributed by atoms with van der Waals surface area (Å²) < 4.78 is 5.30. The molecule has 3 nitrogen and oxygen atoms in total. The van der Waals surface area contributed by atoms with Crippen LogP contribution in [0.25, 0.3) is 0 Å². The number of nitrogens with zero attached hydrogens (tertiary/aromatic N) is 1. The number of rotatable bonds is 6. The molecule has 1 heterocycles. The lowest BCUT2D eigenvalue weighted by Gasteiger charge is -2.21. The zero-order chi connectivity index (χ0) is 15.2. The smallest absolute Gasteiger partial charge is 0.119 e. The average molecular weight is 284 g/mol. The van der Waals surface area contributed by atoms with Gasteiger partial charge in [-0.1, -0.05) is 19.1 Å². The van der Waals surface area contributed by atoms with Crippen molar-refractivity contribution in [1.82, 2.24) is 10.3 Å². The summed E-state index contributed by atoms with van der Waals surface area (Å²) in [5.74, 6) is 0.891. The van der Waals surface area contributed by atoms with Gasteiger partial charge in [-0.3, -0.25) is 4.98 Å². The maximum Gasteiger partial charge on any atom is 0.119 e. The molecule has 0 aliphatic rings. The fourth-order valence-corrected chi connectivity index (χ4v) is 2.49. The number of methoxy groups -OCH3 is 1. The zero-order valence-corrected chi connectivity index (χ0v) is 13.3. The van der Waals surface area contributed by atoms with Crippen LogP contribution in [0, 0.1) is 13.8 Å². The van der Waals surface area contributed by atoms with E-state index in [1.165, 1.54) is 11.1 Å². The highest BCUT2D eigenvalue weighted by atomic mass is 16.5. The van der Waals surface area contributed by atoms with E-state index in [9.17, 15) is 0 Å². The monoisotopic (exact) mass is 284 g/mol. The predicted molar refractivity (Wildman–Crippen MR) is 86.8 cm³/mol. The van der Waals surface area contributed by atoms with Gasteiger partial charge >= 0.3 is 0 Å². The molecule has 0 saturated heterocycles. The molecule has 0 spiro atoms. The first kappa shape index (κ1) is 15.5. The molecule has 1 unspecified atom stereocenters. The molecule has 2 aromatic rings. The molecule has 0 aliphatic carbocycles. The van der Waals surface area contributed by atoms with Crippen LogP contribution in [0.2, 0.25) is 0 Å². The van der Waals surface area contributed by atoms with Crippen molar-refractivity contribution in [3.05, 3.63) is 58.9 Å². The second-order valence-electron chi connectivity index (χ2n) is 5.31. The van der Waals surface area contributed by atoms with Gasteiger partial charge in [0.1, 0.15) is 5.75 Å². The van der Waals surface area contributed by atoms with E-state index in [1.54, 1.807) is 7.11 Å². The Labute approximate surface area is 127 Å². The van der Waals surface area contributed by atoms with Crippen molar-refractivity contribution in [2.75, 3.05) is 13.7 Å². The fourth-order valence-electron chi connectivity index (χ4n) is 2.49. The molecular weight excluding hydrogens is 260 g/mol. The number of aromatic nitrogens is 1. The topological polar surface area (TPSA) is 34.2 Å². The van der Waals surface area contributed by atoms with E-state index in [2.05, 4.69) is 43.4 Å². The Bertz CT molecular complexity index is 596. The second kappa shape index (κ2) is 7.23. The Morgan fingerprint density at radius 3 is 2.62 bits per heavy atom. The summed E-state index contributed by atoms with van der Waals surface area (Å²) in [6, 6.07) is 12.5. The van der Waals surface area contributed by atoms with Crippen molar-refractivity contribution >= 4 is 0 Å². The Morgan fingerprint density at radius 1 is 1.19 bits per heavy atom. The third-order valence-electron chi connectivity index (χ3n) is 3.59. The highest BCUT2D eigenvalue weighted by molar-refractivity contribution is 5.40. The Balaban J connectivity index is 2.40. The fraction of sp³-hybridized carbons (Fsp3) is 0.389. The number of pyridine rings is 1. The SMILES string of the molecule is CCCNC(c1cccc(C)n1)c1ccc(OC)cc1C. The van der Waals surface area contributed by atoms with Gasteiger partial charge in [0.05, 0.1) is 18.8 Å². The van der Waals surface area contributed by atoms with Crippen molar-refractivity contribution in [2.24, 2.45) is 0 Å². The zero-order valence-electron chi connectivity index (χ0n) is 13.3. The highest BCUT2D eigenvalue weighted by Gasteiger charge is 2.17. The minimum Gasteiger partial charge on any atom is -0.497 e. The third kappa shape index (κ3) is 3.82. The normalized spacial score (nSPS) is 12.2. The molecule has 3 heteroatoms. The average Bonchev–Trinajstić information content (AvgIpc) is 2.49. The van der Waals surface area contributed by atoms with Gasteiger partial charge < -0.3 is 10.1 Å². The van der Waals surface area contributed by atoms with Crippen LogP contribution in [0.5, 0.6) is 5.75 Å². The highest BCUT2D eigenvalue weighted by Crippen LogP contribution is 2.26. The molecule has 0 fully saturated rings. The number of hydrogen-bond donors (Lipinski definition) is 1. The van der Waals surface area contributed by atoms with E-state index in [0.717, 1.165) is 30.1 Å². The Morgan fingerprint density at radius 2 is 2.00 bits per heavy atom. The van der Waals surface area contributed by atoms with E-state index in [-0.39, 0.29) is 6.04 Å². The molecule has 1 atom stereocenters. The number of aryl methyl sites for hydroxylation is 2. The standard InChI is InChI=1S/C18H24N2O/c1-5-11-19-18(17-8-6-7-14(3)20-17)16-10-9-15(21-4)12-13(16)2/h6-10,12,18-19H,5,11H2,1-4H3. The van der Waals surface area contributed by atoms with Gasteiger partial charge in [0.25, 0.3) is 0 Å². The maximum absolute atomic E-state index is 5.30. The molecule has 21 heavy (non-hydrogen) atoms. The summed E-state index contributed by atoms with van der Waals surface area (Å²) in [5, 5.41) is 3.60. The molecule has 2 rings (SSSR count). The van der Waals surface area contributed by atoms with Crippen LogP contribution < -0.4 is 10.1 Å². The molecule has 0 aliphatic heterocycles. The van der Waals surface area contributed by atoms with E-state index in [1.807, 2.05) is 19.1 Å². The molecule has 112 valence electrons. The van der Waals surface area contributed by atoms with Crippen molar-refractivity contribution in [1.29, 1.82) is 0 Å². The predicted octanol–water partition coefficient (Wildman–Crippen LogP) is 3.80. The van der Waals surface area contributed by atoms with Crippen molar-refractivity contribution < 1.29 is 4.74 Å². The van der Waals surface area contributed by atoms with E-state index in [0.29, 0.717) is 0 Å². The van der Waals surface area contributed by atoms with Gasteiger partial charge in [0.2, 0.25) is 0 Å². The van der Waals surface area contributed by atoms with E-state index < -0.39 is 0 Å². The Kier molecular flexibility index (Phi) is 5.34. The van der Waals surface area contributed by atoms with Crippen LogP contribution in [-0.4, -0.2) is 18.6 Å². The maximum atomic E-state index is 5.30. The van der Waals surface area contributed by atoms with Crippen LogP contribution in [0.4, 0.5) is 0 Å². The first-order valence-corrected chi connectivity index (χ1v) is 7.47. The molecule has 1 aromatic carbocycles. The molecule has 0 radical (unpaired) electrons. The van der Waals surface area contributed by atoms with Crippen LogP contribution in [0.3, 0.4) is 0 Å². The van der Waals surface area contributed by atoms with Crippen LogP contribution >= 0.6 is 0 Å². The van der Waals surface area contributed by atoms with E-state index in [4.69, 9.17) is 9.72 Å². The van der Waals surface area contributed by atoms with Gasteiger partial charge in [-0.25, -0.2) is 0 Å². The number of benzene rings is 1. The minimum atomic E-state index is 0.121. The summed E-state index contributed by atoms with van der Waals surface area (Å²) in [4.78, 5) is 4.69. The summed E-state index contributed by atoms with van der Waals surface area (Å²) in [6.07, 6.45) is 1.09. The molecule has 0 amide bonds. The number of nitrogens with one attached hydrogen (secondary N) is 1. The number of hydrogen-bond acceptors (Lipinski definition) is 3. The van der Waals surface area contributed by atoms with Crippen molar-refractivity contribution in [3.8, 4) is 5.75 Å². The first-order valence-electron chi connectivity index (χ1n) is 7.47. The van der Waals surface area contributed by atoms with Crippen molar-refractivity contribution in [3.63, 3.8) is 0 Å². The summed E-state index contributed by atoms with van der Waals surface area (Å²) in [7, 11) is 1.70. The second-order valence-corrected chi connectivity index (χ2v) is 5.31. The summed E-state index contributed by atoms with van der Waals surface area (Å²) >= 11 is 0. The largest absolute Gasteiger partial charge is 0.497 e. The van der Waals surface area contributed by atoms with Crippen molar-refractivity contribution in [2.45, 2.75) is 33.2 Å². The van der Waals surface area contributed by atoms with Crippen LogP contribution in [0.1, 0.15) is 41.9 Å². The molecule has 0 bridgehead atoms. The lowest BCUT2D eigenvalue weighted by Crippen LogP contribution is -2.25. The molecule has 0 saturated carbocycles. The van der Waals surface area contributed by atoms with Crippen LogP contribution in [-0.2, 0) is 0 Å². The molecule has 1 aromatic heterocycles. The lowest BCUT2D eigenvalue weighted by molar-refractivity contribution is 0.414. The number of ether oxygens (including phenoxy) is 1. The van der Waals surface area contributed by atoms with Gasteiger partial charge in [0.15, 0.2) is 0 Å². The quantitative estimate of drug-likeness (QED) is 0.876. The van der Waals surface area contributed by atoms with Crippen LogP contribution in [0.15, 0.2) is 36.4 Å². The van der Waals surface area contributed by atoms with Gasteiger partial charge in [-0.15, -0.1) is 0 Å². The first-order chi connectivity index (χ1) is 10.2. The molecule has 1 N–H and O–H groups in total. The van der Waals surface area contributed by atoms with E-state index >= 15 is 0 Å². The minimum absolute atomic E-state index is 0.121. The molecular formula is C18H24N2O. The van der Waals surface area contributed by atoms with Gasteiger partial charge in [-0.05, 0) is 62.2 Å². The summed E-state index contributed by atoms with van der Waals surface area (Å²) in [5.41, 5.74) is 4.58. The Hall–Kier alpha value is -1.87. The third-order valence-corrected chi connectivity index (χ3v) is 3.59. The van der Waals surface area contributed by atoms with Gasteiger partial charge in [-0.2, -0.15) is 0 Å². The summed E-state index contributed by atoms with van der Waals surface area (Å²) in [6.45, 7) is 7.29. The lowest BCUT2D eigenvalue weighted by atomic mass is 9.97.